The number of amides is 1. The van der Waals surface area contributed by atoms with Gasteiger partial charge in [0.15, 0.2) is 0 Å². The third kappa shape index (κ3) is 4.21. The third-order valence-electron chi connectivity index (χ3n) is 4.37. The number of hydrogen-bond acceptors (Lipinski definition) is 3. The van der Waals surface area contributed by atoms with Gasteiger partial charge in [0.25, 0.3) is 0 Å². The van der Waals surface area contributed by atoms with Crippen molar-refractivity contribution in [3.63, 3.8) is 0 Å². The van der Waals surface area contributed by atoms with Crippen molar-refractivity contribution in [2.24, 2.45) is 11.7 Å². The number of rotatable bonds is 4. The molecular weight excluding hydrogens is 262 g/mol. The molecule has 4 nitrogen and oxygen atoms in total. The molecule has 0 bridgehead atoms. The lowest BCUT2D eigenvalue weighted by Crippen LogP contribution is -2.37. The predicted octanol–water partition coefficient (Wildman–Crippen LogP) is 2.23. The molecule has 116 valence electrons. The fraction of sp³-hybridized carbons (Fsp3) is 0.588. The average molecular weight is 289 g/mol. The smallest absolute Gasteiger partial charge is 0.225 e. The van der Waals surface area contributed by atoms with Gasteiger partial charge >= 0.3 is 0 Å². The number of anilines is 1. The summed E-state index contributed by atoms with van der Waals surface area (Å²) in [6.45, 7) is 0.676. The van der Waals surface area contributed by atoms with Crippen molar-refractivity contribution in [2.75, 3.05) is 26.0 Å². The summed E-state index contributed by atoms with van der Waals surface area (Å²) >= 11 is 0. The number of nitrogens with zero attached hydrogens (tertiary/aromatic N) is 2. The van der Waals surface area contributed by atoms with Crippen molar-refractivity contribution >= 4 is 11.6 Å². The van der Waals surface area contributed by atoms with Gasteiger partial charge in [-0.2, -0.15) is 0 Å². The van der Waals surface area contributed by atoms with Crippen molar-refractivity contribution in [3.8, 4) is 0 Å². The first kappa shape index (κ1) is 15.8. The zero-order valence-electron chi connectivity index (χ0n) is 13.4. The second-order valence-electron chi connectivity index (χ2n) is 6.37. The van der Waals surface area contributed by atoms with Gasteiger partial charge in [0.1, 0.15) is 0 Å². The summed E-state index contributed by atoms with van der Waals surface area (Å²) in [4.78, 5) is 16.4. The van der Waals surface area contributed by atoms with Crippen LogP contribution in [-0.2, 0) is 11.3 Å². The van der Waals surface area contributed by atoms with Crippen molar-refractivity contribution in [1.29, 1.82) is 0 Å². The Morgan fingerprint density at radius 1 is 1.10 bits per heavy atom. The Bertz CT molecular complexity index is 461. The SMILES string of the molecule is CN(Cc1ccc(N(C)C)cc1)C(=O)C1CCC(N)CC1. The second kappa shape index (κ2) is 6.94. The lowest BCUT2D eigenvalue weighted by molar-refractivity contribution is -0.135. The van der Waals surface area contributed by atoms with E-state index in [1.807, 2.05) is 26.0 Å². The maximum Gasteiger partial charge on any atom is 0.225 e. The van der Waals surface area contributed by atoms with E-state index in [2.05, 4.69) is 29.2 Å². The second-order valence-corrected chi connectivity index (χ2v) is 6.37. The Kier molecular flexibility index (Phi) is 5.23. The normalized spacial score (nSPS) is 21.9. The minimum absolute atomic E-state index is 0.163. The molecular formula is C17H27N3O. The Hall–Kier alpha value is -1.55. The summed E-state index contributed by atoms with van der Waals surface area (Å²) in [6, 6.07) is 8.66. The number of nitrogens with two attached hydrogens (primary N) is 1. The molecule has 0 heterocycles. The van der Waals surface area contributed by atoms with Gasteiger partial charge in [-0.25, -0.2) is 0 Å². The molecule has 1 saturated carbocycles. The number of hydrogen-bond donors (Lipinski definition) is 1. The maximum absolute atomic E-state index is 12.5. The molecule has 0 unspecified atom stereocenters. The van der Waals surface area contributed by atoms with E-state index in [4.69, 9.17) is 5.73 Å². The van der Waals surface area contributed by atoms with Gasteiger partial charge in [0.2, 0.25) is 5.91 Å². The summed E-state index contributed by atoms with van der Waals surface area (Å²) in [5, 5.41) is 0. The molecule has 0 spiro atoms. The standard InChI is InChI=1S/C17H27N3O/c1-19(2)16-10-4-13(5-11-16)12-20(3)17(21)14-6-8-15(18)9-7-14/h4-5,10-11,14-15H,6-9,12,18H2,1-3H3. The van der Waals surface area contributed by atoms with Crippen LogP contribution in [-0.4, -0.2) is 38.0 Å². The van der Waals surface area contributed by atoms with Crippen molar-refractivity contribution < 1.29 is 4.79 Å². The number of benzene rings is 1. The summed E-state index contributed by atoms with van der Waals surface area (Å²) in [7, 11) is 5.95. The van der Waals surface area contributed by atoms with Gasteiger partial charge in [-0.3, -0.25) is 4.79 Å². The van der Waals surface area contributed by atoms with Gasteiger partial charge in [-0.15, -0.1) is 0 Å². The molecule has 1 aliphatic rings. The minimum atomic E-state index is 0.163. The highest BCUT2D eigenvalue weighted by molar-refractivity contribution is 5.78. The molecule has 0 aliphatic heterocycles. The zero-order chi connectivity index (χ0) is 15.4. The molecule has 2 rings (SSSR count). The summed E-state index contributed by atoms with van der Waals surface area (Å²) in [5.41, 5.74) is 8.25. The van der Waals surface area contributed by atoms with Crippen LogP contribution >= 0.6 is 0 Å². The van der Waals surface area contributed by atoms with E-state index in [1.54, 1.807) is 0 Å². The predicted molar refractivity (Wildman–Crippen MR) is 87.2 cm³/mol. The molecule has 4 heteroatoms. The van der Waals surface area contributed by atoms with Crippen LogP contribution in [0.5, 0.6) is 0 Å². The number of carbonyl (C=O) groups is 1. The van der Waals surface area contributed by atoms with Crippen LogP contribution in [0.25, 0.3) is 0 Å². The van der Waals surface area contributed by atoms with Crippen molar-refractivity contribution in [2.45, 2.75) is 38.3 Å². The lowest BCUT2D eigenvalue weighted by atomic mass is 9.85. The summed E-state index contributed by atoms with van der Waals surface area (Å²) in [5.74, 6) is 0.425. The molecule has 0 aromatic heterocycles. The first-order valence-electron chi connectivity index (χ1n) is 7.74. The van der Waals surface area contributed by atoms with E-state index in [-0.39, 0.29) is 17.9 Å². The molecule has 1 aromatic carbocycles. The quantitative estimate of drug-likeness (QED) is 0.924. The molecule has 1 amide bonds. The summed E-state index contributed by atoms with van der Waals surface area (Å²) < 4.78 is 0. The fourth-order valence-corrected chi connectivity index (χ4v) is 2.93. The Labute approximate surface area is 127 Å². The number of carbonyl (C=O) groups excluding carboxylic acids is 1. The Morgan fingerprint density at radius 3 is 2.19 bits per heavy atom. The van der Waals surface area contributed by atoms with Crippen LogP contribution < -0.4 is 10.6 Å². The monoisotopic (exact) mass is 289 g/mol. The van der Waals surface area contributed by atoms with E-state index in [9.17, 15) is 4.79 Å². The van der Waals surface area contributed by atoms with Gasteiger partial charge in [0, 0.05) is 45.3 Å². The molecule has 0 atom stereocenters. The summed E-state index contributed by atoms with van der Waals surface area (Å²) in [6.07, 6.45) is 3.82. The van der Waals surface area contributed by atoms with Gasteiger partial charge in [-0.05, 0) is 43.4 Å². The van der Waals surface area contributed by atoms with Gasteiger partial charge in [-0.1, -0.05) is 12.1 Å². The largest absolute Gasteiger partial charge is 0.378 e. The van der Waals surface area contributed by atoms with E-state index in [1.165, 1.54) is 11.3 Å². The first-order valence-corrected chi connectivity index (χ1v) is 7.74. The van der Waals surface area contributed by atoms with Crippen LogP contribution in [0.3, 0.4) is 0 Å². The van der Waals surface area contributed by atoms with Gasteiger partial charge < -0.3 is 15.5 Å². The molecule has 21 heavy (non-hydrogen) atoms. The Morgan fingerprint density at radius 2 is 1.67 bits per heavy atom. The third-order valence-corrected chi connectivity index (χ3v) is 4.37. The Balaban J connectivity index is 1.91. The van der Waals surface area contributed by atoms with Crippen LogP contribution in [0.1, 0.15) is 31.2 Å². The van der Waals surface area contributed by atoms with Crippen LogP contribution in [0.2, 0.25) is 0 Å². The molecule has 0 radical (unpaired) electrons. The van der Waals surface area contributed by atoms with Crippen LogP contribution in [0, 0.1) is 5.92 Å². The van der Waals surface area contributed by atoms with Crippen molar-refractivity contribution in [1.82, 2.24) is 4.90 Å². The molecule has 0 saturated heterocycles. The average Bonchev–Trinajstić information content (AvgIpc) is 2.47. The van der Waals surface area contributed by atoms with E-state index >= 15 is 0 Å². The van der Waals surface area contributed by atoms with Crippen molar-refractivity contribution in [3.05, 3.63) is 29.8 Å². The highest BCUT2D eigenvalue weighted by Gasteiger charge is 2.26. The molecule has 1 aliphatic carbocycles. The fourth-order valence-electron chi connectivity index (χ4n) is 2.93. The zero-order valence-corrected chi connectivity index (χ0v) is 13.4. The first-order chi connectivity index (χ1) is 9.97. The lowest BCUT2D eigenvalue weighted by Gasteiger charge is -2.29. The minimum Gasteiger partial charge on any atom is -0.378 e. The highest BCUT2D eigenvalue weighted by Crippen LogP contribution is 2.25. The van der Waals surface area contributed by atoms with E-state index in [0.717, 1.165) is 25.7 Å². The van der Waals surface area contributed by atoms with Crippen LogP contribution in [0.15, 0.2) is 24.3 Å². The van der Waals surface area contributed by atoms with Crippen LogP contribution in [0.4, 0.5) is 5.69 Å². The van der Waals surface area contributed by atoms with E-state index in [0.29, 0.717) is 6.54 Å². The highest BCUT2D eigenvalue weighted by atomic mass is 16.2. The molecule has 1 fully saturated rings. The maximum atomic E-state index is 12.5. The molecule has 1 aromatic rings. The van der Waals surface area contributed by atoms with E-state index < -0.39 is 0 Å². The topological polar surface area (TPSA) is 49.6 Å². The molecule has 2 N–H and O–H groups in total. The van der Waals surface area contributed by atoms with Gasteiger partial charge in [0.05, 0.1) is 0 Å².